The maximum Gasteiger partial charge on any atom is 0.306 e. The summed E-state index contributed by atoms with van der Waals surface area (Å²) in [6.45, 7) is 3.76. The zero-order valence-electron chi connectivity index (χ0n) is 17.1. The third-order valence-electron chi connectivity index (χ3n) is 4.87. The first-order valence-electron chi connectivity index (χ1n) is 10.2. The van der Waals surface area contributed by atoms with Crippen molar-refractivity contribution in [1.29, 1.82) is 0 Å². The van der Waals surface area contributed by atoms with Crippen molar-refractivity contribution in [2.45, 2.75) is 32.7 Å². The fourth-order valence-electron chi connectivity index (χ4n) is 3.35. The van der Waals surface area contributed by atoms with Gasteiger partial charge in [0, 0.05) is 31.0 Å². The van der Waals surface area contributed by atoms with Gasteiger partial charge in [0.2, 0.25) is 5.91 Å². The van der Waals surface area contributed by atoms with E-state index in [1.54, 1.807) is 25.3 Å². The molecule has 1 aromatic heterocycles. The van der Waals surface area contributed by atoms with E-state index in [4.69, 9.17) is 15.2 Å². The molecule has 30 heavy (non-hydrogen) atoms. The Morgan fingerprint density at radius 2 is 2.17 bits per heavy atom. The van der Waals surface area contributed by atoms with Crippen LogP contribution in [0.5, 0.6) is 5.75 Å². The molecular formula is C22H28N4O4. The predicted molar refractivity (Wildman–Crippen MR) is 114 cm³/mol. The van der Waals surface area contributed by atoms with Gasteiger partial charge in [-0.2, -0.15) is 0 Å². The summed E-state index contributed by atoms with van der Waals surface area (Å²) in [5.74, 6) is 0.622. The molecule has 160 valence electrons. The lowest BCUT2D eigenvalue weighted by molar-refractivity contribution is -0.146. The Morgan fingerprint density at radius 1 is 1.30 bits per heavy atom. The highest BCUT2D eigenvalue weighted by atomic mass is 16.5. The third kappa shape index (κ3) is 6.10. The van der Waals surface area contributed by atoms with Gasteiger partial charge in [-0.15, -0.1) is 0 Å². The van der Waals surface area contributed by atoms with Crippen LogP contribution in [-0.2, 0) is 27.3 Å². The van der Waals surface area contributed by atoms with Gasteiger partial charge in [-0.1, -0.05) is 6.07 Å². The lowest BCUT2D eigenvalue weighted by Gasteiger charge is -2.13. The molecule has 1 unspecified atom stereocenters. The Labute approximate surface area is 176 Å². The highest BCUT2D eigenvalue weighted by Gasteiger charge is 2.26. The molecule has 1 atom stereocenters. The molecule has 3 rings (SSSR count). The average Bonchev–Trinajstić information content (AvgIpc) is 2.87. The molecule has 2 aromatic rings. The maximum atomic E-state index is 12.3. The molecule has 1 aromatic carbocycles. The Balaban J connectivity index is 1.49. The van der Waals surface area contributed by atoms with Crippen LogP contribution in [0.25, 0.3) is 0 Å². The summed E-state index contributed by atoms with van der Waals surface area (Å²) >= 11 is 0. The number of anilines is 2. The van der Waals surface area contributed by atoms with Crippen molar-refractivity contribution in [3.05, 3.63) is 47.7 Å². The summed E-state index contributed by atoms with van der Waals surface area (Å²) in [6.07, 6.45) is 3.06. The molecule has 1 amide bonds. The number of carbonyl (C=O) groups excluding carboxylic acids is 2. The average molecular weight is 412 g/mol. The van der Waals surface area contributed by atoms with Crippen LogP contribution in [0.15, 0.2) is 36.5 Å². The van der Waals surface area contributed by atoms with Gasteiger partial charge in [0.1, 0.15) is 11.6 Å². The second kappa shape index (κ2) is 10.5. The number of nitrogens with one attached hydrogen (secondary N) is 2. The number of hydrogen-bond acceptors (Lipinski definition) is 7. The van der Waals surface area contributed by atoms with E-state index >= 15 is 0 Å². The molecule has 8 heteroatoms. The second-order valence-electron chi connectivity index (χ2n) is 7.16. The Morgan fingerprint density at radius 3 is 2.97 bits per heavy atom. The summed E-state index contributed by atoms with van der Waals surface area (Å²) in [6, 6.07) is 9.36. The molecule has 4 N–H and O–H groups in total. The van der Waals surface area contributed by atoms with Crippen molar-refractivity contribution in [2.75, 3.05) is 30.8 Å². The van der Waals surface area contributed by atoms with Crippen LogP contribution in [0.2, 0.25) is 0 Å². The van der Waals surface area contributed by atoms with E-state index < -0.39 is 5.92 Å². The van der Waals surface area contributed by atoms with Crippen LogP contribution >= 0.6 is 0 Å². The number of rotatable bonds is 9. The summed E-state index contributed by atoms with van der Waals surface area (Å²) in [5, 5.41) is 6.10. The van der Waals surface area contributed by atoms with Gasteiger partial charge in [0.25, 0.3) is 0 Å². The molecular weight excluding hydrogens is 384 g/mol. The highest BCUT2D eigenvalue weighted by Crippen LogP contribution is 2.25. The number of pyridine rings is 1. The number of nitrogens with two attached hydrogens (primary N) is 1. The second-order valence-corrected chi connectivity index (χ2v) is 7.16. The van der Waals surface area contributed by atoms with E-state index in [9.17, 15) is 9.59 Å². The molecule has 0 saturated carbocycles. The normalized spacial score (nSPS) is 15.5. The number of esters is 1. The highest BCUT2D eigenvalue weighted by molar-refractivity contribution is 5.84. The van der Waals surface area contributed by atoms with Crippen molar-refractivity contribution in [3.8, 4) is 5.75 Å². The summed E-state index contributed by atoms with van der Waals surface area (Å²) in [7, 11) is 0. The van der Waals surface area contributed by atoms with Gasteiger partial charge in [-0.3, -0.25) is 9.59 Å². The first-order valence-corrected chi connectivity index (χ1v) is 10.2. The Kier molecular flexibility index (Phi) is 7.48. The Hall–Kier alpha value is -3.29. The number of nitrogen functional groups attached to an aromatic ring is 1. The van der Waals surface area contributed by atoms with Crippen molar-refractivity contribution < 1.29 is 19.1 Å². The van der Waals surface area contributed by atoms with E-state index in [2.05, 4.69) is 15.6 Å². The first kappa shape index (κ1) is 21.4. The predicted octanol–water partition coefficient (Wildman–Crippen LogP) is 2.29. The number of fused-ring (bicyclic) bond motifs is 1. The summed E-state index contributed by atoms with van der Waals surface area (Å²) in [5.41, 5.74) is 8.46. The molecule has 0 fully saturated rings. The van der Waals surface area contributed by atoms with Crippen molar-refractivity contribution in [3.63, 3.8) is 0 Å². The van der Waals surface area contributed by atoms with Crippen LogP contribution in [0.1, 0.15) is 30.9 Å². The van der Waals surface area contributed by atoms with E-state index in [1.807, 2.05) is 18.2 Å². The minimum atomic E-state index is -0.413. The minimum Gasteiger partial charge on any atom is -0.494 e. The fraction of sp³-hybridized carbons (Fsp3) is 0.409. The van der Waals surface area contributed by atoms with E-state index in [0.717, 1.165) is 29.1 Å². The largest absolute Gasteiger partial charge is 0.494 e. The number of carbonyl (C=O) groups is 2. The molecule has 1 aliphatic rings. The van der Waals surface area contributed by atoms with Gasteiger partial charge in [-0.05, 0) is 49.1 Å². The van der Waals surface area contributed by atoms with E-state index in [0.29, 0.717) is 38.4 Å². The zero-order valence-corrected chi connectivity index (χ0v) is 17.1. The van der Waals surface area contributed by atoms with Crippen LogP contribution in [-0.4, -0.2) is 36.6 Å². The number of benzene rings is 1. The zero-order chi connectivity index (χ0) is 21.3. The van der Waals surface area contributed by atoms with Crippen LogP contribution in [0, 0.1) is 5.92 Å². The van der Waals surface area contributed by atoms with Crippen molar-refractivity contribution in [1.82, 2.24) is 10.3 Å². The number of nitrogens with zero attached hydrogens (tertiary/aromatic N) is 1. The molecule has 0 bridgehead atoms. The monoisotopic (exact) mass is 412 g/mol. The SMILES string of the molecule is CCOC(=O)CC1Cc2ccc(OCCCNc3cc(N)ccn3)cc2CNC1=O. The van der Waals surface area contributed by atoms with Crippen molar-refractivity contribution in [2.24, 2.45) is 5.92 Å². The summed E-state index contributed by atoms with van der Waals surface area (Å²) < 4.78 is 10.8. The molecule has 0 radical (unpaired) electrons. The standard InChI is InChI=1S/C22H28N4O4/c1-2-29-21(27)12-16-10-15-4-5-19(11-17(15)14-26-22(16)28)30-9-3-7-24-20-13-18(23)6-8-25-20/h4-6,8,11,13,16H,2-3,7,9-10,12,14H2,1H3,(H,26,28)(H3,23,24,25). The number of aromatic nitrogens is 1. The maximum absolute atomic E-state index is 12.3. The molecule has 0 spiro atoms. The van der Waals surface area contributed by atoms with Crippen molar-refractivity contribution >= 4 is 23.4 Å². The topological polar surface area (TPSA) is 116 Å². The Bertz CT molecular complexity index is 887. The molecule has 8 nitrogen and oxygen atoms in total. The van der Waals surface area contributed by atoms with Gasteiger partial charge in [0.15, 0.2) is 0 Å². The molecule has 0 saturated heterocycles. The first-order chi connectivity index (χ1) is 14.5. The molecule has 2 heterocycles. The number of ether oxygens (including phenoxy) is 2. The summed E-state index contributed by atoms with van der Waals surface area (Å²) in [4.78, 5) is 28.3. The minimum absolute atomic E-state index is 0.0896. The van der Waals surface area contributed by atoms with Crippen LogP contribution in [0.4, 0.5) is 11.5 Å². The fourth-order valence-corrected chi connectivity index (χ4v) is 3.35. The quantitative estimate of drug-likeness (QED) is 0.427. The van der Waals surface area contributed by atoms with Gasteiger partial charge >= 0.3 is 5.97 Å². The number of hydrogen-bond donors (Lipinski definition) is 3. The van der Waals surface area contributed by atoms with Gasteiger partial charge in [0.05, 0.1) is 25.6 Å². The smallest absolute Gasteiger partial charge is 0.306 e. The van der Waals surface area contributed by atoms with Gasteiger partial charge in [-0.25, -0.2) is 4.98 Å². The van der Waals surface area contributed by atoms with E-state index in [1.165, 1.54) is 0 Å². The lowest BCUT2D eigenvalue weighted by Crippen LogP contribution is -2.30. The number of amides is 1. The van der Waals surface area contributed by atoms with E-state index in [-0.39, 0.29) is 18.3 Å². The molecule has 0 aliphatic carbocycles. The molecule has 1 aliphatic heterocycles. The lowest BCUT2D eigenvalue weighted by atomic mass is 9.94. The van der Waals surface area contributed by atoms with Crippen LogP contribution < -0.4 is 21.1 Å². The third-order valence-corrected chi connectivity index (χ3v) is 4.87. The van der Waals surface area contributed by atoms with Crippen LogP contribution in [0.3, 0.4) is 0 Å². The van der Waals surface area contributed by atoms with Gasteiger partial charge < -0.3 is 25.8 Å².